The summed E-state index contributed by atoms with van der Waals surface area (Å²) in [5, 5.41) is 4.43. The largest absolute Gasteiger partial charge is 0.362 e. The molecule has 3 aromatic heterocycles. The predicted octanol–water partition coefficient (Wildman–Crippen LogP) is 2.53. The molecular weight excluding hydrogens is 226 g/mol. The van der Waals surface area contributed by atoms with Gasteiger partial charge in [0.2, 0.25) is 0 Å². The van der Waals surface area contributed by atoms with Crippen molar-refractivity contribution >= 4 is 16.9 Å². The molecule has 0 saturated carbocycles. The molecule has 3 rings (SSSR count). The Labute approximate surface area is 104 Å². The molecule has 0 aliphatic carbocycles. The zero-order valence-corrected chi connectivity index (χ0v) is 9.96. The lowest BCUT2D eigenvalue weighted by molar-refractivity contribution is 0.824. The van der Waals surface area contributed by atoms with Gasteiger partial charge in [0.1, 0.15) is 17.8 Å². The van der Waals surface area contributed by atoms with Gasteiger partial charge in [0.05, 0.1) is 11.7 Å². The van der Waals surface area contributed by atoms with Crippen molar-refractivity contribution < 1.29 is 0 Å². The van der Waals surface area contributed by atoms with Crippen LogP contribution < -0.4 is 5.32 Å². The zero-order valence-electron chi connectivity index (χ0n) is 9.96. The lowest BCUT2D eigenvalue weighted by atomic mass is 10.2. The van der Waals surface area contributed by atoms with Crippen LogP contribution >= 0.6 is 0 Å². The van der Waals surface area contributed by atoms with Gasteiger partial charge in [-0.15, -0.1) is 0 Å². The average molecular weight is 239 g/mol. The number of H-pyrrole nitrogens is 1. The highest BCUT2D eigenvalue weighted by Crippen LogP contribution is 2.18. The van der Waals surface area contributed by atoms with Crippen LogP contribution in [0.1, 0.15) is 18.7 Å². The summed E-state index contributed by atoms with van der Waals surface area (Å²) in [5.74, 6) is 0.830. The van der Waals surface area contributed by atoms with E-state index in [2.05, 4.69) is 25.3 Å². The lowest BCUT2D eigenvalue weighted by Gasteiger charge is -2.13. The maximum Gasteiger partial charge on any atom is 0.139 e. The number of hydrogen-bond donors (Lipinski definition) is 2. The molecule has 0 aliphatic heterocycles. The summed E-state index contributed by atoms with van der Waals surface area (Å²) in [4.78, 5) is 15.7. The fourth-order valence-corrected chi connectivity index (χ4v) is 1.86. The van der Waals surface area contributed by atoms with E-state index in [9.17, 15) is 0 Å². The zero-order chi connectivity index (χ0) is 12.4. The average Bonchev–Trinajstić information content (AvgIpc) is 2.87. The minimum absolute atomic E-state index is 0.0907. The number of pyridine rings is 1. The van der Waals surface area contributed by atoms with Crippen LogP contribution in [-0.4, -0.2) is 19.9 Å². The topological polar surface area (TPSA) is 66.5 Å². The molecule has 0 aliphatic rings. The Hall–Kier alpha value is -2.43. The van der Waals surface area contributed by atoms with Gasteiger partial charge in [-0.05, 0) is 31.2 Å². The first-order valence-corrected chi connectivity index (χ1v) is 5.79. The van der Waals surface area contributed by atoms with Crippen molar-refractivity contribution in [2.24, 2.45) is 0 Å². The number of fused-ring (bicyclic) bond motifs is 1. The quantitative estimate of drug-likeness (QED) is 0.737. The summed E-state index contributed by atoms with van der Waals surface area (Å²) < 4.78 is 0. The van der Waals surface area contributed by atoms with Gasteiger partial charge >= 0.3 is 0 Å². The van der Waals surface area contributed by atoms with Crippen LogP contribution in [0.4, 0.5) is 5.82 Å². The number of anilines is 1. The summed E-state index contributed by atoms with van der Waals surface area (Å²) in [6.45, 7) is 2.04. The minimum atomic E-state index is 0.0907. The molecule has 2 N–H and O–H groups in total. The molecule has 0 aromatic carbocycles. The van der Waals surface area contributed by atoms with E-state index in [1.54, 1.807) is 12.5 Å². The molecule has 3 aromatic rings. The van der Waals surface area contributed by atoms with Crippen LogP contribution in [0.15, 0.2) is 43.0 Å². The highest BCUT2D eigenvalue weighted by molar-refractivity contribution is 5.77. The molecule has 1 atom stereocenters. The Morgan fingerprint density at radius 1 is 1.22 bits per heavy atom. The van der Waals surface area contributed by atoms with Gasteiger partial charge in [-0.3, -0.25) is 0 Å². The standard InChI is InChI=1S/C13H13N5/c1-9(11-5-6-14-8-16-11)17-12-3-2-10-4-7-15-13(10)18-12/h2-9H,1H3,(H2,15,17,18). The maximum absolute atomic E-state index is 4.49. The Kier molecular flexibility index (Phi) is 2.64. The normalized spacial score (nSPS) is 12.5. The number of aromatic nitrogens is 4. The van der Waals surface area contributed by atoms with Gasteiger partial charge in [0.15, 0.2) is 0 Å². The smallest absolute Gasteiger partial charge is 0.139 e. The Balaban J connectivity index is 1.83. The number of nitrogens with one attached hydrogen (secondary N) is 2. The molecule has 1 unspecified atom stereocenters. The van der Waals surface area contributed by atoms with Crippen molar-refractivity contribution in [3.05, 3.63) is 48.7 Å². The SMILES string of the molecule is CC(Nc1ccc2cc[nH]c2n1)c1ccncn1. The molecule has 0 amide bonds. The van der Waals surface area contributed by atoms with Crippen LogP contribution in [0, 0.1) is 0 Å². The van der Waals surface area contributed by atoms with E-state index in [-0.39, 0.29) is 6.04 Å². The molecule has 0 fully saturated rings. The molecule has 5 heteroatoms. The van der Waals surface area contributed by atoms with E-state index < -0.39 is 0 Å². The third kappa shape index (κ3) is 2.02. The summed E-state index contributed by atoms with van der Waals surface area (Å²) in [7, 11) is 0. The number of hydrogen-bond acceptors (Lipinski definition) is 4. The molecule has 0 spiro atoms. The number of aromatic amines is 1. The van der Waals surface area contributed by atoms with Gasteiger partial charge in [-0.2, -0.15) is 0 Å². The number of nitrogens with zero attached hydrogens (tertiary/aromatic N) is 3. The minimum Gasteiger partial charge on any atom is -0.362 e. The van der Waals surface area contributed by atoms with E-state index in [1.807, 2.05) is 37.4 Å². The third-order valence-electron chi connectivity index (χ3n) is 2.82. The Morgan fingerprint density at radius 3 is 3.00 bits per heavy atom. The van der Waals surface area contributed by atoms with Gasteiger partial charge in [0, 0.05) is 17.8 Å². The van der Waals surface area contributed by atoms with Crippen LogP contribution in [-0.2, 0) is 0 Å². The fourth-order valence-electron chi connectivity index (χ4n) is 1.86. The molecule has 3 heterocycles. The molecule has 0 saturated heterocycles. The van der Waals surface area contributed by atoms with Crippen molar-refractivity contribution in [3.63, 3.8) is 0 Å². The van der Waals surface area contributed by atoms with E-state index in [0.717, 1.165) is 22.5 Å². The lowest BCUT2D eigenvalue weighted by Crippen LogP contribution is -2.09. The fraction of sp³-hybridized carbons (Fsp3) is 0.154. The van der Waals surface area contributed by atoms with Crippen molar-refractivity contribution in [1.29, 1.82) is 0 Å². The second-order valence-corrected chi connectivity index (χ2v) is 4.11. The monoisotopic (exact) mass is 239 g/mol. The first-order chi connectivity index (χ1) is 8.83. The number of rotatable bonds is 3. The predicted molar refractivity (Wildman–Crippen MR) is 70.2 cm³/mol. The summed E-state index contributed by atoms with van der Waals surface area (Å²) in [5.41, 5.74) is 1.83. The van der Waals surface area contributed by atoms with E-state index in [1.165, 1.54) is 0 Å². The van der Waals surface area contributed by atoms with Crippen LogP contribution in [0.5, 0.6) is 0 Å². The van der Waals surface area contributed by atoms with Crippen LogP contribution in [0.3, 0.4) is 0 Å². The Morgan fingerprint density at radius 2 is 2.17 bits per heavy atom. The van der Waals surface area contributed by atoms with Crippen molar-refractivity contribution in [2.75, 3.05) is 5.32 Å². The summed E-state index contributed by atoms with van der Waals surface area (Å²) >= 11 is 0. The highest BCUT2D eigenvalue weighted by Gasteiger charge is 2.07. The summed E-state index contributed by atoms with van der Waals surface area (Å²) in [6.07, 6.45) is 5.17. The van der Waals surface area contributed by atoms with E-state index in [0.29, 0.717) is 0 Å². The van der Waals surface area contributed by atoms with Gasteiger partial charge in [-0.25, -0.2) is 15.0 Å². The van der Waals surface area contributed by atoms with Gasteiger partial charge in [-0.1, -0.05) is 0 Å². The summed E-state index contributed by atoms with van der Waals surface area (Å²) in [6, 6.07) is 7.99. The van der Waals surface area contributed by atoms with E-state index in [4.69, 9.17) is 0 Å². The molecular formula is C13H13N5. The molecule has 5 nitrogen and oxygen atoms in total. The molecule has 90 valence electrons. The van der Waals surface area contributed by atoms with Crippen LogP contribution in [0.2, 0.25) is 0 Å². The van der Waals surface area contributed by atoms with Gasteiger partial charge < -0.3 is 10.3 Å². The highest BCUT2D eigenvalue weighted by atomic mass is 15.0. The van der Waals surface area contributed by atoms with E-state index >= 15 is 0 Å². The molecule has 0 radical (unpaired) electrons. The third-order valence-corrected chi connectivity index (χ3v) is 2.82. The van der Waals surface area contributed by atoms with Gasteiger partial charge in [0.25, 0.3) is 0 Å². The molecule has 0 bridgehead atoms. The second-order valence-electron chi connectivity index (χ2n) is 4.11. The first-order valence-electron chi connectivity index (χ1n) is 5.79. The van der Waals surface area contributed by atoms with Crippen molar-refractivity contribution in [1.82, 2.24) is 19.9 Å². The molecule has 18 heavy (non-hydrogen) atoms. The van der Waals surface area contributed by atoms with Crippen molar-refractivity contribution in [3.8, 4) is 0 Å². The second kappa shape index (κ2) is 4.44. The maximum atomic E-state index is 4.49. The van der Waals surface area contributed by atoms with Crippen LogP contribution in [0.25, 0.3) is 11.0 Å². The van der Waals surface area contributed by atoms with Crippen molar-refractivity contribution in [2.45, 2.75) is 13.0 Å². The Bertz CT molecular complexity index is 647. The first kappa shape index (κ1) is 10.7.